The van der Waals surface area contributed by atoms with E-state index in [9.17, 15) is 0 Å². The molecule has 104 valence electrons. The third-order valence-corrected chi connectivity index (χ3v) is 3.93. The summed E-state index contributed by atoms with van der Waals surface area (Å²) in [4.78, 5) is 9.62. The third kappa shape index (κ3) is 2.65. The molecule has 1 aromatic rings. The maximum Gasteiger partial charge on any atom is 0.157 e. The number of ether oxygens (including phenoxy) is 1. The van der Waals surface area contributed by atoms with Gasteiger partial charge in [-0.1, -0.05) is 13.3 Å². The summed E-state index contributed by atoms with van der Waals surface area (Å²) < 4.78 is 5.90. The fourth-order valence-electron chi connectivity index (χ4n) is 2.83. The lowest BCUT2D eigenvalue weighted by molar-refractivity contribution is 0.0397. The average molecular weight is 261 g/mol. The lowest BCUT2D eigenvalue weighted by Gasteiger charge is -2.17. The molecule has 4 heteroatoms. The van der Waals surface area contributed by atoms with E-state index in [4.69, 9.17) is 14.7 Å². The van der Waals surface area contributed by atoms with Gasteiger partial charge >= 0.3 is 0 Å². The molecule has 1 N–H and O–H groups in total. The van der Waals surface area contributed by atoms with Crippen LogP contribution in [0.15, 0.2) is 0 Å². The molecule has 1 aliphatic heterocycles. The third-order valence-electron chi connectivity index (χ3n) is 3.93. The van der Waals surface area contributed by atoms with Crippen LogP contribution in [0.25, 0.3) is 0 Å². The molecule has 0 saturated heterocycles. The van der Waals surface area contributed by atoms with Crippen molar-refractivity contribution in [2.24, 2.45) is 5.92 Å². The number of nitrogens with one attached hydrogen (secondary N) is 1. The van der Waals surface area contributed by atoms with E-state index in [0.717, 1.165) is 38.4 Å². The van der Waals surface area contributed by atoms with Gasteiger partial charge < -0.3 is 10.1 Å². The SMILES string of the molecule is CCCc1nc(C(OCC)C2CC2)nc2c1CNC2. The van der Waals surface area contributed by atoms with E-state index in [1.54, 1.807) is 0 Å². The molecule has 1 fully saturated rings. The Morgan fingerprint density at radius 3 is 2.79 bits per heavy atom. The topological polar surface area (TPSA) is 47.0 Å². The van der Waals surface area contributed by atoms with Gasteiger partial charge in [0.25, 0.3) is 0 Å². The number of rotatable bonds is 6. The molecule has 1 aliphatic carbocycles. The largest absolute Gasteiger partial charge is 0.370 e. The standard InChI is InChI=1S/C15H23N3O/c1-3-5-12-11-8-16-9-13(11)18-15(17-12)14(19-4-2)10-6-7-10/h10,14,16H,3-9H2,1-2H3. The molecule has 0 spiro atoms. The van der Waals surface area contributed by atoms with Crippen molar-refractivity contribution >= 4 is 0 Å². The molecule has 0 bridgehead atoms. The van der Waals surface area contributed by atoms with Gasteiger partial charge in [0.1, 0.15) is 6.10 Å². The van der Waals surface area contributed by atoms with Crippen LogP contribution < -0.4 is 5.32 Å². The van der Waals surface area contributed by atoms with E-state index in [-0.39, 0.29) is 6.10 Å². The predicted molar refractivity (Wildman–Crippen MR) is 73.7 cm³/mol. The van der Waals surface area contributed by atoms with Gasteiger partial charge in [-0.25, -0.2) is 9.97 Å². The van der Waals surface area contributed by atoms with Crippen molar-refractivity contribution in [1.82, 2.24) is 15.3 Å². The molecule has 0 radical (unpaired) electrons. The Bertz CT molecular complexity index is 457. The molecule has 2 heterocycles. The smallest absolute Gasteiger partial charge is 0.157 e. The normalized spacial score (nSPS) is 19.5. The lowest BCUT2D eigenvalue weighted by atomic mass is 10.1. The van der Waals surface area contributed by atoms with Crippen molar-refractivity contribution in [2.45, 2.75) is 58.7 Å². The van der Waals surface area contributed by atoms with Crippen LogP contribution in [0.2, 0.25) is 0 Å². The van der Waals surface area contributed by atoms with Gasteiger partial charge in [0.2, 0.25) is 0 Å². The Hall–Kier alpha value is -1.00. The van der Waals surface area contributed by atoms with Crippen LogP contribution in [0.1, 0.15) is 62.0 Å². The zero-order chi connectivity index (χ0) is 13.2. The number of hydrogen-bond acceptors (Lipinski definition) is 4. The monoisotopic (exact) mass is 261 g/mol. The fraction of sp³-hybridized carbons (Fsp3) is 0.733. The van der Waals surface area contributed by atoms with Gasteiger partial charge in [-0.05, 0) is 32.1 Å². The first kappa shape index (κ1) is 13.0. The van der Waals surface area contributed by atoms with Gasteiger partial charge in [-0.3, -0.25) is 0 Å². The molecule has 2 aliphatic rings. The van der Waals surface area contributed by atoms with Crippen molar-refractivity contribution in [2.75, 3.05) is 6.61 Å². The van der Waals surface area contributed by atoms with Crippen molar-refractivity contribution in [3.63, 3.8) is 0 Å². The van der Waals surface area contributed by atoms with E-state index in [1.165, 1.54) is 29.8 Å². The summed E-state index contributed by atoms with van der Waals surface area (Å²) in [5, 5.41) is 3.39. The number of fused-ring (bicyclic) bond motifs is 1. The van der Waals surface area contributed by atoms with Gasteiger partial charge in [0.15, 0.2) is 5.82 Å². The molecule has 1 saturated carbocycles. The molecule has 1 unspecified atom stereocenters. The maximum atomic E-state index is 5.90. The molecule has 0 amide bonds. The average Bonchev–Trinajstić information content (AvgIpc) is 3.13. The van der Waals surface area contributed by atoms with Crippen LogP contribution in [0, 0.1) is 5.92 Å². The molecule has 19 heavy (non-hydrogen) atoms. The second-order valence-corrected chi connectivity index (χ2v) is 5.52. The summed E-state index contributed by atoms with van der Waals surface area (Å²) in [7, 11) is 0. The minimum absolute atomic E-state index is 0.117. The van der Waals surface area contributed by atoms with E-state index in [2.05, 4.69) is 19.2 Å². The van der Waals surface area contributed by atoms with Gasteiger partial charge in [-0.2, -0.15) is 0 Å². The summed E-state index contributed by atoms with van der Waals surface area (Å²) >= 11 is 0. The highest BCUT2D eigenvalue weighted by atomic mass is 16.5. The first-order chi connectivity index (χ1) is 9.33. The van der Waals surface area contributed by atoms with Crippen molar-refractivity contribution < 1.29 is 4.74 Å². The predicted octanol–water partition coefficient (Wildman–Crippen LogP) is 2.52. The number of hydrogen-bond donors (Lipinski definition) is 1. The van der Waals surface area contributed by atoms with Crippen LogP contribution in [-0.2, 0) is 24.2 Å². The van der Waals surface area contributed by atoms with Crippen molar-refractivity contribution in [3.8, 4) is 0 Å². The summed E-state index contributed by atoms with van der Waals surface area (Å²) in [5.74, 6) is 1.57. The fourth-order valence-corrected chi connectivity index (χ4v) is 2.83. The van der Waals surface area contributed by atoms with Crippen LogP contribution in [0.3, 0.4) is 0 Å². The van der Waals surface area contributed by atoms with Crippen LogP contribution in [-0.4, -0.2) is 16.6 Å². The summed E-state index contributed by atoms with van der Waals surface area (Å²) in [6, 6.07) is 0. The molecule has 1 aromatic heterocycles. The summed E-state index contributed by atoms with van der Waals surface area (Å²) in [5.41, 5.74) is 3.76. The number of nitrogens with zero attached hydrogens (tertiary/aromatic N) is 2. The highest BCUT2D eigenvalue weighted by Crippen LogP contribution is 2.42. The Kier molecular flexibility index (Phi) is 3.80. The van der Waals surface area contributed by atoms with Crippen molar-refractivity contribution in [3.05, 3.63) is 22.8 Å². The second kappa shape index (κ2) is 5.55. The lowest BCUT2D eigenvalue weighted by Crippen LogP contribution is -2.14. The van der Waals surface area contributed by atoms with E-state index in [0.29, 0.717) is 5.92 Å². The summed E-state index contributed by atoms with van der Waals surface area (Å²) in [6.45, 7) is 6.80. The van der Waals surface area contributed by atoms with Crippen LogP contribution >= 0.6 is 0 Å². The Balaban J connectivity index is 1.94. The van der Waals surface area contributed by atoms with Crippen molar-refractivity contribution in [1.29, 1.82) is 0 Å². The molecular formula is C15H23N3O. The first-order valence-electron chi connectivity index (χ1n) is 7.54. The van der Waals surface area contributed by atoms with Gasteiger partial charge in [-0.15, -0.1) is 0 Å². The van der Waals surface area contributed by atoms with E-state index < -0.39 is 0 Å². The molecular weight excluding hydrogens is 238 g/mol. The number of aryl methyl sites for hydroxylation is 1. The van der Waals surface area contributed by atoms with E-state index in [1.807, 2.05) is 0 Å². The summed E-state index contributed by atoms with van der Waals surface area (Å²) in [6.07, 6.45) is 4.81. The first-order valence-corrected chi connectivity index (χ1v) is 7.54. The molecule has 1 atom stereocenters. The molecule has 3 rings (SSSR count). The minimum Gasteiger partial charge on any atom is -0.370 e. The molecule has 4 nitrogen and oxygen atoms in total. The highest BCUT2D eigenvalue weighted by Gasteiger charge is 2.35. The quantitative estimate of drug-likeness (QED) is 0.854. The van der Waals surface area contributed by atoms with Gasteiger partial charge in [0.05, 0.1) is 5.69 Å². The maximum absolute atomic E-state index is 5.90. The minimum atomic E-state index is 0.117. The van der Waals surface area contributed by atoms with E-state index >= 15 is 0 Å². The van der Waals surface area contributed by atoms with Gasteiger partial charge in [0, 0.05) is 31.0 Å². The highest BCUT2D eigenvalue weighted by molar-refractivity contribution is 5.30. The molecule has 0 aromatic carbocycles. The Labute approximate surface area is 115 Å². The van der Waals surface area contributed by atoms with Crippen LogP contribution in [0.5, 0.6) is 0 Å². The zero-order valence-electron chi connectivity index (χ0n) is 11.9. The second-order valence-electron chi connectivity index (χ2n) is 5.52. The Morgan fingerprint density at radius 1 is 1.26 bits per heavy atom. The van der Waals surface area contributed by atoms with Crippen LogP contribution in [0.4, 0.5) is 0 Å². The number of aromatic nitrogens is 2. The Morgan fingerprint density at radius 2 is 2.11 bits per heavy atom. The zero-order valence-corrected chi connectivity index (χ0v) is 11.9.